The Hall–Kier alpha value is -1.72. The maximum absolute atomic E-state index is 12.7. The lowest BCUT2D eigenvalue weighted by molar-refractivity contribution is -0.119. The van der Waals surface area contributed by atoms with Gasteiger partial charge < -0.3 is 10.2 Å². The summed E-state index contributed by atoms with van der Waals surface area (Å²) in [5, 5.41) is 2.77. The van der Waals surface area contributed by atoms with Crippen LogP contribution in [0.15, 0.2) is 12.4 Å². The molecule has 1 aliphatic heterocycles. The van der Waals surface area contributed by atoms with Gasteiger partial charge in [0.2, 0.25) is 11.9 Å². The van der Waals surface area contributed by atoms with Gasteiger partial charge in [0.15, 0.2) is 5.82 Å². The summed E-state index contributed by atoms with van der Waals surface area (Å²) in [5.74, 6) is -0.128. The van der Waals surface area contributed by atoms with Crippen molar-refractivity contribution < 1.29 is 9.18 Å². The SMILES string of the molecule is CC(=O)NC1CN(c2cncc(F)n2)C1. The summed E-state index contributed by atoms with van der Waals surface area (Å²) < 4.78 is 12.7. The van der Waals surface area contributed by atoms with Crippen LogP contribution in [-0.2, 0) is 4.79 Å². The third-order valence-corrected chi connectivity index (χ3v) is 2.21. The standard InChI is InChI=1S/C9H11FN4O/c1-6(15)12-7-4-14(5-7)9-3-11-2-8(10)13-9/h2-3,7H,4-5H2,1H3,(H,12,15). The van der Waals surface area contributed by atoms with E-state index in [0.717, 1.165) is 6.20 Å². The summed E-state index contributed by atoms with van der Waals surface area (Å²) in [6, 6.07) is 0.132. The Labute approximate surface area is 86.3 Å². The number of aromatic nitrogens is 2. The van der Waals surface area contributed by atoms with Gasteiger partial charge in [-0.1, -0.05) is 0 Å². The summed E-state index contributed by atoms with van der Waals surface area (Å²) in [6.45, 7) is 2.78. The third-order valence-electron chi connectivity index (χ3n) is 2.21. The lowest BCUT2D eigenvalue weighted by Gasteiger charge is -2.39. The second kappa shape index (κ2) is 3.80. The average Bonchev–Trinajstić information content (AvgIpc) is 2.10. The van der Waals surface area contributed by atoms with Crippen molar-refractivity contribution in [2.45, 2.75) is 13.0 Å². The first-order chi connectivity index (χ1) is 7.15. The van der Waals surface area contributed by atoms with Crippen LogP contribution in [0.1, 0.15) is 6.92 Å². The van der Waals surface area contributed by atoms with Gasteiger partial charge in [0.25, 0.3) is 0 Å². The van der Waals surface area contributed by atoms with Crippen LogP contribution in [0.5, 0.6) is 0 Å². The number of nitrogens with one attached hydrogen (secondary N) is 1. The molecule has 1 N–H and O–H groups in total. The minimum Gasteiger partial charge on any atom is -0.351 e. The maximum atomic E-state index is 12.7. The highest BCUT2D eigenvalue weighted by Gasteiger charge is 2.28. The Morgan fingerprint density at radius 2 is 2.33 bits per heavy atom. The molecule has 5 nitrogen and oxygen atoms in total. The zero-order chi connectivity index (χ0) is 10.8. The van der Waals surface area contributed by atoms with Gasteiger partial charge in [-0.15, -0.1) is 0 Å². The molecule has 1 amide bonds. The Morgan fingerprint density at radius 1 is 1.60 bits per heavy atom. The normalized spacial score (nSPS) is 16.0. The van der Waals surface area contributed by atoms with Gasteiger partial charge in [-0.2, -0.15) is 9.37 Å². The number of amides is 1. The van der Waals surface area contributed by atoms with Crippen LogP contribution in [0.3, 0.4) is 0 Å². The number of carbonyl (C=O) groups excluding carboxylic acids is 1. The smallest absolute Gasteiger partial charge is 0.233 e. The Balaban J connectivity index is 1.92. The van der Waals surface area contributed by atoms with Crippen molar-refractivity contribution in [3.05, 3.63) is 18.3 Å². The predicted molar refractivity (Wildman–Crippen MR) is 51.8 cm³/mol. The summed E-state index contributed by atoms with van der Waals surface area (Å²) in [7, 11) is 0. The number of rotatable bonds is 2. The molecule has 0 bridgehead atoms. The molecule has 0 spiro atoms. The van der Waals surface area contributed by atoms with Gasteiger partial charge in [-0.05, 0) is 0 Å². The molecular weight excluding hydrogens is 199 g/mol. The van der Waals surface area contributed by atoms with Crippen molar-refractivity contribution in [1.29, 1.82) is 0 Å². The van der Waals surface area contributed by atoms with Crippen LogP contribution < -0.4 is 10.2 Å². The van der Waals surface area contributed by atoms with E-state index in [1.807, 2.05) is 4.90 Å². The second-order valence-electron chi connectivity index (χ2n) is 3.50. The van der Waals surface area contributed by atoms with Gasteiger partial charge in [-0.25, -0.2) is 0 Å². The highest BCUT2D eigenvalue weighted by atomic mass is 19.1. The Morgan fingerprint density at radius 3 is 2.93 bits per heavy atom. The molecule has 0 saturated carbocycles. The molecule has 0 unspecified atom stereocenters. The van der Waals surface area contributed by atoms with E-state index in [1.165, 1.54) is 13.1 Å². The van der Waals surface area contributed by atoms with Crippen LogP contribution in [0.4, 0.5) is 10.2 Å². The Kier molecular flexibility index (Phi) is 2.49. The number of nitrogens with zero attached hydrogens (tertiary/aromatic N) is 3. The molecular formula is C9H11FN4O. The molecule has 1 aromatic heterocycles. The van der Waals surface area contributed by atoms with Crippen molar-refractivity contribution in [3.8, 4) is 0 Å². The zero-order valence-electron chi connectivity index (χ0n) is 8.27. The molecule has 80 valence electrons. The first-order valence-electron chi connectivity index (χ1n) is 4.65. The topological polar surface area (TPSA) is 58.1 Å². The van der Waals surface area contributed by atoms with E-state index in [2.05, 4.69) is 15.3 Å². The summed E-state index contributed by atoms with van der Waals surface area (Å²) in [4.78, 5) is 20.0. The number of anilines is 1. The molecule has 1 saturated heterocycles. The molecule has 0 radical (unpaired) electrons. The summed E-state index contributed by atoms with van der Waals surface area (Å²) in [5.41, 5.74) is 0. The van der Waals surface area contributed by atoms with Crippen LogP contribution >= 0.6 is 0 Å². The third kappa shape index (κ3) is 2.20. The monoisotopic (exact) mass is 210 g/mol. The van der Waals surface area contributed by atoms with Gasteiger partial charge in [0.05, 0.1) is 18.4 Å². The molecule has 0 atom stereocenters. The van der Waals surface area contributed by atoms with Crippen molar-refractivity contribution in [2.75, 3.05) is 18.0 Å². The maximum Gasteiger partial charge on any atom is 0.233 e. The van der Waals surface area contributed by atoms with Crippen molar-refractivity contribution in [2.24, 2.45) is 0 Å². The van der Waals surface area contributed by atoms with E-state index in [4.69, 9.17) is 0 Å². The lowest BCUT2D eigenvalue weighted by Crippen LogP contribution is -2.59. The van der Waals surface area contributed by atoms with Crippen LogP contribution in [0.2, 0.25) is 0 Å². The van der Waals surface area contributed by atoms with Gasteiger partial charge in [-0.3, -0.25) is 9.78 Å². The highest BCUT2D eigenvalue weighted by Crippen LogP contribution is 2.17. The van der Waals surface area contributed by atoms with Crippen molar-refractivity contribution in [1.82, 2.24) is 15.3 Å². The molecule has 0 aromatic carbocycles. The number of hydrogen-bond acceptors (Lipinski definition) is 4. The first kappa shape index (κ1) is 9.82. The highest BCUT2D eigenvalue weighted by molar-refractivity contribution is 5.73. The molecule has 1 aromatic rings. The quantitative estimate of drug-likeness (QED) is 0.743. The minimum absolute atomic E-state index is 0.0509. The van der Waals surface area contributed by atoms with E-state index >= 15 is 0 Å². The van der Waals surface area contributed by atoms with E-state index in [1.54, 1.807) is 0 Å². The van der Waals surface area contributed by atoms with Gasteiger partial charge in [0, 0.05) is 20.0 Å². The fourth-order valence-electron chi connectivity index (χ4n) is 1.53. The first-order valence-corrected chi connectivity index (χ1v) is 4.65. The van der Waals surface area contributed by atoms with E-state index < -0.39 is 5.95 Å². The second-order valence-corrected chi connectivity index (χ2v) is 3.50. The van der Waals surface area contributed by atoms with Crippen molar-refractivity contribution >= 4 is 11.7 Å². The Bertz CT molecular complexity index is 378. The van der Waals surface area contributed by atoms with Crippen LogP contribution in [0, 0.1) is 5.95 Å². The molecule has 0 aliphatic carbocycles. The van der Waals surface area contributed by atoms with Gasteiger partial charge in [0.1, 0.15) is 0 Å². The lowest BCUT2D eigenvalue weighted by atomic mass is 10.1. The molecule has 1 aliphatic rings. The zero-order valence-corrected chi connectivity index (χ0v) is 8.27. The molecule has 2 rings (SSSR count). The number of hydrogen-bond donors (Lipinski definition) is 1. The van der Waals surface area contributed by atoms with Crippen LogP contribution in [0.25, 0.3) is 0 Å². The van der Waals surface area contributed by atoms with E-state index in [9.17, 15) is 9.18 Å². The van der Waals surface area contributed by atoms with E-state index in [0.29, 0.717) is 18.9 Å². The minimum atomic E-state index is -0.588. The fraction of sp³-hybridized carbons (Fsp3) is 0.444. The molecule has 1 fully saturated rings. The molecule has 2 heterocycles. The van der Waals surface area contributed by atoms with Gasteiger partial charge >= 0.3 is 0 Å². The molecule has 15 heavy (non-hydrogen) atoms. The molecule has 6 heteroatoms. The van der Waals surface area contributed by atoms with E-state index in [-0.39, 0.29) is 11.9 Å². The van der Waals surface area contributed by atoms with Crippen LogP contribution in [-0.4, -0.2) is 35.0 Å². The fourth-order valence-corrected chi connectivity index (χ4v) is 1.53. The number of halogens is 1. The van der Waals surface area contributed by atoms with Crippen molar-refractivity contribution in [3.63, 3.8) is 0 Å². The largest absolute Gasteiger partial charge is 0.351 e. The average molecular weight is 210 g/mol. The predicted octanol–water partition coefficient (Wildman–Crippen LogP) is -0.0596. The number of carbonyl (C=O) groups is 1. The summed E-state index contributed by atoms with van der Waals surface area (Å²) in [6.07, 6.45) is 2.57. The summed E-state index contributed by atoms with van der Waals surface area (Å²) >= 11 is 0.